The van der Waals surface area contributed by atoms with E-state index in [0.717, 1.165) is 25.1 Å². The maximum atomic E-state index is 11.4. The van der Waals surface area contributed by atoms with E-state index in [1.807, 2.05) is 0 Å². The third kappa shape index (κ3) is 3.58. The third-order valence-electron chi connectivity index (χ3n) is 3.73. The van der Waals surface area contributed by atoms with Crippen LogP contribution in [-0.4, -0.2) is 33.3 Å². The number of rotatable bonds is 8. The Kier molecular flexibility index (Phi) is 4.61. The molecule has 1 aliphatic carbocycles. The van der Waals surface area contributed by atoms with Crippen molar-refractivity contribution in [2.24, 2.45) is 5.41 Å². The summed E-state index contributed by atoms with van der Waals surface area (Å²) in [4.78, 5) is 11.4. The van der Waals surface area contributed by atoms with E-state index in [1.165, 1.54) is 26.2 Å². The first kappa shape index (κ1) is 14.1. The van der Waals surface area contributed by atoms with Crippen LogP contribution in [0, 0.1) is 5.41 Å². The zero-order valence-electron chi connectivity index (χ0n) is 11.5. The summed E-state index contributed by atoms with van der Waals surface area (Å²) < 4.78 is 14.9. The monoisotopic (exact) mass is 267 g/mol. The van der Waals surface area contributed by atoms with Crippen LogP contribution >= 0.6 is 0 Å². The van der Waals surface area contributed by atoms with Crippen molar-refractivity contribution in [1.82, 2.24) is 5.32 Å². The lowest BCUT2D eigenvalue weighted by molar-refractivity contribution is 0.0563. The van der Waals surface area contributed by atoms with Gasteiger partial charge < -0.3 is 19.2 Å². The second-order valence-electron chi connectivity index (χ2n) is 5.11. The largest absolute Gasteiger partial charge is 0.463 e. The maximum absolute atomic E-state index is 11.4. The molecule has 19 heavy (non-hydrogen) atoms. The fourth-order valence-corrected chi connectivity index (χ4v) is 2.22. The fraction of sp³-hybridized carbons (Fsp3) is 0.643. The van der Waals surface area contributed by atoms with Crippen LogP contribution in [0.4, 0.5) is 0 Å². The summed E-state index contributed by atoms with van der Waals surface area (Å²) in [6, 6.07) is 1.80. The summed E-state index contributed by atoms with van der Waals surface area (Å²) in [6.45, 7) is 2.37. The van der Waals surface area contributed by atoms with E-state index in [2.05, 4.69) is 10.1 Å². The van der Waals surface area contributed by atoms with Crippen LogP contribution in [0.2, 0.25) is 0 Å². The van der Waals surface area contributed by atoms with Crippen LogP contribution in [0.25, 0.3) is 0 Å². The highest BCUT2D eigenvalue weighted by atomic mass is 16.5. The lowest BCUT2D eigenvalue weighted by atomic mass is 10.0. The molecule has 0 radical (unpaired) electrons. The molecule has 0 saturated heterocycles. The highest BCUT2D eigenvalue weighted by molar-refractivity contribution is 5.87. The van der Waals surface area contributed by atoms with Crippen molar-refractivity contribution in [3.05, 3.63) is 23.7 Å². The number of furan rings is 1. The van der Waals surface area contributed by atoms with E-state index in [1.54, 1.807) is 13.2 Å². The predicted molar refractivity (Wildman–Crippen MR) is 69.9 cm³/mol. The molecule has 0 unspecified atom stereocenters. The summed E-state index contributed by atoms with van der Waals surface area (Å²) in [7, 11) is 3.09. The lowest BCUT2D eigenvalue weighted by Crippen LogP contribution is -2.25. The topological polar surface area (TPSA) is 60.7 Å². The molecule has 0 aromatic carbocycles. The molecule has 5 heteroatoms. The van der Waals surface area contributed by atoms with Gasteiger partial charge >= 0.3 is 5.97 Å². The van der Waals surface area contributed by atoms with Gasteiger partial charge in [-0.1, -0.05) is 0 Å². The van der Waals surface area contributed by atoms with Crippen LogP contribution in [0.15, 0.2) is 16.7 Å². The van der Waals surface area contributed by atoms with Crippen LogP contribution in [0.3, 0.4) is 0 Å². The van der Waals surface area contributed by atoms with Crippen molar-refractivity contribution in [2.45, 2.75) is 25.8 Å². The Morgan fingerprint density at radius 2 is 2.26 bits per heavy atom. The van der Waals surface area contributed by atoms with Gasteiger partial charge in [-0.05, 0) is 30.7 Å². The first-order valence-electron chi connectivity index (χ1n) is 6.55. The van der Waals surface area contributed by atoms with Gasteiger partial charge in [0, 0.05) is 32.4 Å². The number of hydrogen-bond acceptors (Lipinski definition) is 5. The minimum absolute atomic E-state index is 0.289. The molecule has 5 nitrogen and oxygen atoms in total. The Hall–Kier alpha value is -1.33. The number of ether oxygens (including phenoxy) is 2. The Morgan fingerprint density at radius 1 is 1.47 bits per heavy atom. The zero-order chi connectivity index (χ0) is 13.7. The number of methoxy groups -OCH3 is 2. The van der Waals surface area contributed by atoms with E-state index >= 15 is 0 Å². The van der Waals surface area contributed by atoms with E-state index in [4.69, 9.17) is 9.15 Å². The molecule has 1 saturated carbocycles. The van der Waals surface area contributed by atoms with E-state index < -0.39 is 5.97 Å². The molecule has 1 fully saturated rings. The summed E-state index contributed by atoms with van der Waals surface area (Å²) in [5, 5.41) is 3.40. The van der Waals surface area contributed by atoms with Crippen LogP contribution in [0.5, 0.6) is 0 Å². The van der Waals surface area contributed by atoms with Gasteiger partial charge in [-0.15, -0.1) is 0 Å². The standard InChI is InChI=1S/C14H21NO4/c1-17-8-6-14(4-5-14)10-15-9-11-3-7-19-12(11)13(16)18-2/h3,7,15H,4-6,8-10H2,1-2H3. The normalized spacial score (nSPS) is 16.3. The van der Waals surface area contributed by atoms with Crippen molar-refractivity contribution in [2.75, 3.05) is 27.4 Å². The van der Waals surface area contributed by atoms with Crippen molar-refractivity contribution < 1.29 is 18.7 Å². The minimum atomic E-state index is -0.428. The second-order valence-corrected chi connectivity index (χ2v) is 5.11. The van der Waals surface area contributed by atoms with Gasteiger partial charge in [-0.3, -0.25) is 0 Å². The summed E-state index contributed by atoms with van der Waals surface area (Å²) in [5.41, 5.74) is 1.24. The van der Waals surface area contributed by atoms with Gasteiger partial charge in [0.15, 0.2) is 0 Å². The SMILES string of the molecule is COCCC1(CNCc2ccoc2C(=O)OC)CC1. The quantitative estimate of drug-likeness (QED) is 0.730. The fourth-order valence-electron chi connectivity index (χ4n) is 2.22. The van der Waals surface area contributed by atoms with Crippen molar-refractivity contribution in [3.8, 4) is 0 Å². The molecule has 0 amide bonds. The summed E-state index contributed by atoms with van der Waals surface area (Å²) in [6.07, 6.45) is 5.10. The van der Waals surface area contributed by atoms with Gasteiger partial charge in [0.05, 0.1) is 13.4 Å². The van der Waals surface area contributed by atoms with Gasteiger partial charge in [0.25, 0.3) is 0 Å². The maximum Gasteiger partial charge on any atom is 0.374 e. The van der Waals surface area contributed by atoms with E-state index in [-0.39, 0.29) is 5.76 Å². The van der Waals surface area contributed by atoms with E-state index in [0.29, 0.717) is 12.0 Å². The van der Waals surface area contributed by atoms with Crippen LogP contribution in [-0.2, 0) is 16.0 Å². The zero-order valence-corrected chi connectivity index (χ0v) is 11.5. The molecule has 0 atom stereocenters. The molecule has 1 aromatic rings. The van der Waals surface area contributed by atoms with Crippen LogP contribution in [0.1, 0.15) is 35.4 Å². The summed E-state index contributed by atoms with van der Waals surface area (Å²) in [5.74, 6) is -0.140. The molecule has 106 valence electrons. The average molecular weight is 267 g/mol. The van der Waals surface area contributed by atoms with Gasteiger partial charge in [-0.25, -0.2) is 4.79 Å². The smallest absolute Gasteiger partial charge is 0.374 e. The van der Waals surface area contributed by atoms with E-state index in [9.17, 15) is 4.79 Å². The Morgan fingerprint density at radius 3 is 2.89 bits per heavy atom. The minimum Gasteiger partial charge on any atom is -0.463 e. The molecule has 2 rings (SSSR count). The van der Waals surface area contributed by atoms with Crippen molar-refractivity contribution in [1.29, 1.82) is 0 Å². The average Bonchev–Trinajstić information content (AvgIpc) is 3.04. The number of esters is 1. The van der Waals surface area contributed by atoms with Crippen molar-refractivity contribution >= 4 is 5.97 Å². The molecule has 1 aliphatic rings. The third-order valence-corrected chi connectivity index (χ3v) is 3.73. The number of carbonyl (C=O) groups excluding carboxylic acids is 1. The summed E-state index contributed by atoms with van der Waals surface area (Å²) >= 11 is 0. The van der Waals surface area contributed by atoms with Gasteiger partial charge in [0.1, 0.15) is 0 Å². The molecular weight excluding hydrogens is 246 g/mol. The van der Waals surface area contributed by atoms with Crippen molar-refractivity contribution in [3.63, 3.8) is 0 Å². The number of nitrogens with one attached hydrogen (secondary N) is 1. The number of carbonyl (C=O) groups is 1. The molecule has 1 heterocycles. The molecular formula is C14H21NO4. The Balaban J connectivity index is 1.80. The first-order valence-corrected chi connectivity index (χ1v) is 6.55. The lowest BCUT2D eigenvalue weighted by Gasteiger charge is -2.15. The Labute approximate surface area is 113 Å². The Bertz CT molecular complexity index is 423. The molecule has 0 aliphatic heterocycles. The number of hydrogen-bond donors (Lipinski definition) is 1. The predicted octanol–water partition coefficient (Wildman–Crippen LogP) is 1.97. The van der Waals surface area contributed by atoms with Gasteiger partial charge in [-0.2, -0.15) is 0 Å². The molecule has 0 spiro atoms. The molecule has 1 N–H and O–H groups in total. The molecule has 0 bridgehead atoms. The highest BCUT2D eigenvalue weighted by Crippen LogP contribution is 2.48. The molecule has 1 aromatic heterocycles. The van der Waals surface area contributed by atoms with Crippen LogP contribution < -0.4 is 5.32 Å². The first-order chi connectivity index (χ1) is 9.21. The van der Waals surface area contributed by atoms with Gasteiger partial charge in [0.2, 0.25) is 5.76 Å². The highest BCUT2D eigenvalue weighted by Gasteiger charge is 2.41. The second kappa shape index (κ2) is 6.21.